The number of fused-ring (bicyclic) bond motifs is 1. The van der Waals surface area contributed by atoms with Crippen molar-refractivity contribution in [3.05, 3.63) is 113 Å². The molecule has 0 atom stereocenters. The summed E-state index contributed by atoms with van der Waals surface area (Å²) >= 11 is 0. The third-order valence-electron chi connectivity index (χ3n) is 5.18. The van der Waals surface area contributed by atoms with E-state index in [9.17, 15) is 9.90 Å². The van der Waals surface area contributed by atoms with E-state index in [0.717, 1.165) is 22.4 Å². The van der Waals surface area contributed by atoms with Crippen LogP contribution in [-0.4, -0.2) is 19.2 Å². The summed E-state index contributed by atoms with van der Waals surface area (Å²) in [5.74, 6) is 0.185. The smallest absolute Gasteiger partial charge is 0.263 e. The number of benzene rings is 3. The van der Waals surface area contributed by atoms with Gasteiger partial charge in [0.25, 0.3) is 5.56 Å². The van der Waals surface area contributed by atoms with Crippen LogP contribution in [0.2, 0.25) is 0 Å². The number of aromatic nitrogens is 3. The van der Waals surface area contributed by atoms with Crippen molar-refractivity contribution in [2.45, 2.75) is 6.54 Å². The summed E-state index contributed by atoms with van der Waals surface area (Å²) in [6.45, 7) is 0.453. The zero-order valence-electron chi connectivity index (χ0n) is 16.1. The number of aromatic hydroxyl groups is 1. The minimum atomic E-state index is -0.0957. The zero-order chi connectivity index (χ0) is 20.5. The largest absolute Gasteiger partial charge is 0.508 e. The fourth-order valence-electron chi connectivity index (χ4n) is 3.69. The minimum absolute atomic E-state index is 0.0957. The summed E-state index contributed by atoms with van der Waals surface area (Å²) in [6, 6.07) is 26.6. The number of hydrogen-bond acceptors (Lipinski definition) is 3. The van der Waals surface area contributed by atoms with Gasteiger partial charge in [-0.2, -0.15) is 0 Å². The molecule has 0 aliphatic carbocycles. The average Bonchev–Trinajstić information content (AvgIpc) is 3.18. The van der Waals surface area contributed by atoms with Crippen molar-refractivity contribution in [3.63, 3.8) is 0 Å². The van der Waals surface area contributed by atoms with E-state index in [1.54, 1.807) is 23.0 Å². The van der Waals surface area contributed by atoms with Crippen LogP contribution in [-0.2, 0) is 6.54 Å². The molecule has 2 heterocycles. The summed E-state index contributed by atoms with van der Waals surface area (Å²) < 4.78 is 3.57. The van der Waals surface area contributed by atoms with Gasteiger partial charge < -0.3 is 9.67 Å². The molecule has 0 bridgehead atoms. The molecule has 0 amide bonds. The van der Waals surface area contributed by atoms with Gasteiger partial charge in [-0.15, -0.1) is 0 Å². The highest BCUT2D eigenvalue weighted by atomic mass is 16.3. The van der Waals surface area contributed by atoms with Gasteiger partial charge in [0.2, 0.25) is 0 Å². The van der Waals surface area contributed by atoms with Crippen molar-refractivity contribution >= 4 is 11.0 Å². The molecule has 2 aromatic heterocycles. The molecule has 0 spiro atoms. The maximum Gasteiger partial charge on any atom is 0.263 e. The van der Waals surface area contributed by atoms with Gasteiger partial charge in [0.1, 0.15) is 12.1 Å². The Kier molecular flexibility index (Phi) is 4.41. The third kappa shape index (κ3) is 3.16. The summed E-state index contributed by atoms with van der Waals surface area (Å²) in [4.78, 5) is 18.2. The highest BCUT2D eigenvalue weighted by Gasteiger charge is 2.17. The summed E-state index contributed by atoms with van der Waals surface area (Å²) in [6.07, 6.45) is 3.55. The highest BCUT2D eigenvalue weighted by Crippen LogP contribution is 2.30. The first-order valence-electron chi connectivity index (χ1n) is 9.70. The molecule has 1 N–H and O–H groups in total. The number of nitrogens with zero attached hydrogens (tertiary/aromatic N) is 3. The molecule has 5 nitrogen and oxygen atoms in total. The fourth-order valence-corrected chi connectivity index (χ4v) is 3.69. The normalized spacial score (nSPS) is 11.1. The van der Waals surface area contributed by atoms with Gasteiger partial charge in [0.15, 0.2) is 5.65 Å². The predicted molar refractivity (Wildman–Crippen MR) is 118 cm³/mol. The second-order valence-corrected chi connectivity index (χ2v) is 7.16. The summed E-state index contributed by atoms with van der Waals surface area (Å²) in [5, 5.41) is 10.2. The van der Waals surface area contributed by atoms with Crippen molar-refractivity contribution in [1.82, 2.24) is 14.1 Å². The van der Waals surface area contributed by atoms with Gasteiger partial charge in [-0.25, -0.2) is 4.98 Å². The first-order chi connectivity index (χ1) is 14.7. The number of para-hydroxylation sites is 1. The zero-order valence-corrected chi connectivity index (χ0v) is 16.1. The van der Waals surface area contributed by atoms with E-state index in [4.69, 9.17) is 0 Å². The van der Waals surface area contributed by atoms with E-state index < -0.39 is 0 Å². The molecule has 0 radical (unpaired) electrons. The fraction of sp³-hybridized carbons (Fsp3) is 0.0400. The Morgan fingerprint density at radius 2 is 1.50 bits per heavy atom. The van der Waals surface area contributed by atoms with Crippen LogP contribution in [0.5, 0.6) is 5.75 Å². The Morgan fingerprint density at radius 3 is 2.20 bits per heavy atom. The van der Waals surface area contributed by atoms with Gasteiger partial charge in [0, 0.05) is 17.4 Å². The Morgan fingerprint density at radius 1 is 0.833 bits per heavy atom. The molecule has 0 saturated carbocycles. The molecule has 5 heteroatoms. The van der Waals surface area contributed by atoms with Crippen LogP contribution in [0, 0.1) is 0 Å². The molecule has 30 heavy (non-hydrogen) atoms. The molecule has 0 fully saturated rings. The van der Waals surface area contributed by atoms with Gasteiger partial charge >= 0.3 is 0 Å². The Labute approximate surface area is 173 Å². The van der Waals surface area contributed by atoms with E-state index in [-0.39, 0.29) is 11.3 Å². The monoisotopic (exact) mass is 393 g/mol. The van der Waals surface area contributed by atoms with E-state index in [2.05, 4.69) is 4.98 Å². The van der Waals surface area contributed by atoms with Crippen LogP contribution in [0.3, 0.4) is 0 Å². The molecule has 5 rings (SSSR count). The van der Waals surface area contributed by atoms with Crippen LogP contribution in [0.1, 0.15) is 5.56 Å². The van der Waals surface area contributed by atoms with Gasteiger partial charge in [-0.05, 0) is 35.4 Å². The molecule has 0 saturated heterocycles. The standard InChI is InChI=1S/C25H19N3O2/c29-21-13-11-19(12-14-21)22-16-28(20-9-5-2-6-10-20)24-23(22)25(30)27(17-26-24)15-18-7-3-1-4-8-18/h1-14,16-17,29H,15H2. The van der Waals surface area contributed by atoms with Gasteiger partial charge in [0.05, 0.1) is 11.9 Å². The first kappa shape index (κ1) is 17.9. The first-order valence-corrected chi connectivity index (χ1v) is 9.70. The molecular formula is C25H19N3O2. The van der Waals surface area contributed by atoms with Gasteiger partial charge in [-0.1, -0.05) is 60.7 Å². The lowest BCUT2D eigenvalue weighted by Crippen LogP contribution is -2.21. The maximum absolute atomic E-state index is 13.5. The topological polar surface area (TPSA) is 60.0 Å². The maximum atomic E-state index is 13.5. The lowest BCUT2D eigenvalue weighted by atomic mass is 10.1. The number of rotatable bonds is 4. The van der Waals surface area contributed by atoms with E-state index in [1.807, 2.05) is 83.6 Å². The Hall–Kier alpha value is -4.12. The SMILES string of the molecule is O=c1c2c(-c3ccc(O)cc3)cn(-c3ccccc3)c2ncn1Cc1ccccc1. The molecular weight excluding hydrogens is 374 g/mol. The van der Waals surface area contributed by atoms with Crippen molar-refractivity contribution in [1.29, 1.82) is 0 Å². The van der Waals surface area contributed by atoms with Crippen molar-refractivity contribution in [2.24, 2.45) is 0 Å². The second kappa shape index (κ2) is 7.37. The summed E-state index contributed by atoms with van der Waals surface area (Å²) in [5.41, 5.74) is 4.12. The van der Waals surface area contributed by atoms with E-state index in [0.29, 0.717) is 17.6 Å². The van der Waals surface area contributed by atoms with Crippen LogP contribution in [0.25, 0.3) is 27.8 Å². The molecule has 5 aromatic rings. The lowest BCUT2D eigenvalue weighted by molar-refractivity contribution is 0.475. The van der Waals surface area contributed by atoms with Crippen molar-refractivity contribution in [2.75, 3.05) is 0 Å². The van der Waals surface area contributed by atoms with E-state index in [1.165, 1.54) is 0 Å². The van der Waals surface area contributed by atoms with Crippen LogP contribution in [0.15, 0.2) is 102 Å². The second-order valence-electron chi connectivity index (χ2n) is 7.16. The summed E-state index contributed by atoms with van der Waals surface area (Å²) in [7, 11) is 0. The predicted octanol–water partition coefficient (Wildman–Crippen LogP) is 4.61. The molecule has 3 aromatic carbocycles. The minimum Gasteiger partial charge on any atom is -0.508 e. The van der Waals surface area contributed by atoms with Crippen molar-refractivity contribution < 1.29 is 5.11 Å². The quantitative estimate of drug-likeness (QED) is 0.485. The van der Waals surface area contributed by atoms with Gasteiger partial charge in [-0.3, -0.25) is 9.36 Å². The molecule has 0 aliphatic rings. The highest BCUT2D eigenvalue weighted by molar-refractivity contribution is 5.94. The van der Waals surface area contributed by atoms with E-state index >= 15 is 0 Å². The molecule has 0 aliphatic heterocycles. The third-order valence-corrected chi connectivity index (χ3v) is 5.18. The van der Waals surface area contributed by atoms with Crippen molar-refractivity contribution in [3.8, 4) is 22.6 Å². The van der Waals surface area contributed by atoms with Crippen LogP contribution in [0.4, 0.5) is 0 Å². The lowest BCUT2D eigenvalue weighted by Gasteiger charge is -2.07. The Bertz CT molecular complexity index is 1370. The molecule has 0 unspecified atom stereocenters. The van der Waals surface area contributed by atoms with Crippen LogP contribution >= 0.6 is 0 Å². The number of phenolic OH excluding ortho intramolecular Hbond substituents is 1. The average molecular weight is 393 g/mol. The Balaban J connectivity index is 1.75. The number of hydrogen-bond donors (Lipinski definition) is 1. The number of phenols is 1. The van der Waals surface area contributed by atoms with Crippen LogP contribution < -0.4 is 5.56 Å². The molecule has 146 valence electrons.